The fourth-order valence-electron chi connectivity index (χ4n) is 1.50. The van der Waals surface area contributed by atoms with Crippen molar-refractivity contribution in [1.82, 2.24) is 0 Å². The molecule has 8 heteroatoms. The molecule has 1 atom stereocenters. The molecule has 0 bridgehead atoms. The molecular weight excluding hydrogens is 260 g/mol. The van der Waals surface area contributed by atoms with Crippen LogP contribution in [0.25, 0.3) is 0 Å². The topological polar surface area (TPSA) is 90.7 Å². The largest absolute Gasteiger partial charge is 0.465 e. The van der Waals surface area contributed by atoms with Crippen LogP contribution in [0, 0.1) is 10.1 Å². The Balaban J connectivity index is 2.12. The summed E-state index contributed by atoms with van der Waals surface area (Å²) in [5.41, 5.74) is -0.111. The van der Waals surface area contributed by atoms with E-state index in [2.05, 4.69) is 10.1 Å². The van der Waals surface area contributed by atoms with Gasteiger partial charge in [0.2, 0.25) is 0 Å². The lowest BCUT2D eigenvalue weighted by Crippen LogP contribution is -2.33. The number of hydrogen-bond donors (Lipinski definition) is 1. The van der Waals surface area contributed by atoms with Crippen LogP contribution in [-0.2, 0) is 9.47 Å². The molecule has 1 unspecified atom stereocenters. The van der Waals surface area contributed by atoms with E-state index in [1.165, 1.54) is 13.2 Å². The summed E-state index contributed by atoms with van der Waals surface area (Å²) < 4.78 is 9.75. The Kier molecular flexibility index (Phi) is 3.78. The second kappa shape index (κ2) is 5.32. The Hall–Kier alpha value is -1.67. The number of nitro groups is 1. The summed E-state index contributed by atoms with van der Waals surface area (Å²) in [6.45, 7) is 1.23. The van der Waals surface area contributed by atoms with Crippen molar-refractivity contribution in [3.63, 3.8) is 0 Å². The number of esters is 1. The van der Waals surface area contributed by atoms with Gasteiger partial charge in [-0.05, 0) is 6.42 Å². The van der Waals surface area contributed by atoms with Crippen LogP contribution in [0.5, 0.6) is 0 Å². The van der Waals surface area contributed by atoms with E-state index in [0.717, 1.165) is 24.4 Å². The van der Waals surface area contributed by atoms with Crippen molar-refractivity contribution in [2.75, 3.05) is 25.6 Å². The van der Waals surface area contributed by atoms with Crippen LogP contribution >= 0.6 is 11.3 Å². The van der Waals surface area contributed by atoms with E-state index in [1.807, 2.05) is 0 Å². The van der Waals surface area contributed by atoms with Gasteiger partial charge in [0.05, 0.1) is 18.1 Å². The van der Waals surface area contributed by atoms with Gasteiger partial charge in [0, 0.05) is 19.2 Å². The lowest BCUT2D eigenvalue weighted by atomic mass is 10.2. The molecule has 1 aliphatic rings. The van der Waals surface area contributed by atoms with E-state index in [-0.39, 0.29) is 16.7 Å². The van der Waals surface area contributed by atoms with Crippen LogP contribution in [0.15, 0.2) is 6.07 Å². The normalized spacial score (nSPS) is 17.9. The number of nitrogens with zero attached hydrogens (tertiary/aromatic N) is 1. The molecule has 0 spiro atoms. The van der Waals surface area contributed by atoms with E-state index < -0.39 is 10.9 Å². The first-order chi connectivity index (χ1) is 8.61. The number of carbonyl (C=O) groups excluding carboxylic acids is 1. The molecule has 2 heterocycles. The van der Waals surface area contributed by atoms with Crippen molar-refractivity contribution in [2.24, 2.45) is 0 Å². The molecular formula is C10H12N2O5S. The molecule has 1 aromatic rings. The zero-order chi connectivity index (χ0) is 13.1. The third-order valence-electron chi connectivity index (χ3n) is 2.58. The molecule has 0 aliphatic carbocycles. The van der Waals surface area contributed by atoms with Crippen LogP contribution in [-0.4, -0.2) is 37.3 Å². The van der Waals surface area contributed by atoms with E-state index >= 15 is 0 Å². The summed E-state index contributed by atoms with van der Waals surface area (Å²) in [5.74, 6) is -0.573. The maximum Gasteiger partial charge on any atom is 0.348 e. The monoisotopic (exact) mass is 272 g/mol. The molecule has 18 heavy (non-hydrogen) atoms. The Morgan fingerprint density at radius 2 is 2.50 bits per heavy atom. The molecule has 0 saturated carbocycles. The van der Waals surface area contributed by atoms with Crippen LogP contribution in [0.4, 0.5) is 10.7 Å². The molecule has 1 N–H and O–H groups in total. The third-order valence-corrected chi connectivity index (χ3v) is 3.64. The Morgan fingerprint density at radius 1 is 1.78 bits per heavy atom. The minimum absolute atomic E-state index is 0.0910. The molecule has 1 aromatic heterocycles. The van der Waals surface area contributed by atoms with Crippen molar-refractivity contribution in [3.8, 4) is 0 Å². The summed E-state index contributed by atoms with van der Waals surface area (Å²) in [6.07, 6.45) is 1.03. The second-order valence-electron chi connectivity index (χ2n) is 3.74. The van der Waals surface area contributed by atoms with Crippen LogP contribution in [0.3, 0.4) is 0 Å². The van der Waals surface area contributed by atoms with E-state index in [1.54, 1.807) is 0 Å². The number of methoxy groups -OCH3 is 1. The van der Waals surface area contributed by atoms with Crippen LogP contribution in [0.2, 0.25) is 0 Å². The van der Waals surface area contributed by atoms with Gasteiger partial charge >= 0.3 is 11.7 Å². The summed E-state index contributed by atoms with van der Waals surface area (Å²) in [4.78, 5) is 21.9. The third kappa shape index (κ3) is 2.59. The quantitative estimate of drug-likeness (QED) is 0.498. The van der Waals surface area contributed by atoms with Crippen molar-refractivity contribution in [2.45, 2.75) is 12.5 Å². The smallest absolute Gasteiger partial charge is 0.348 e. The molecule has 0 radical (unpaired) electrons. The van der Waals surface area contributed by atoms with Crippen LogP contribution in [0.1, 0.15) is 16.1 Å². The Morgan fingerprint density at radius 3 is 3.00 bits per heavy atom. The first-order valence-electron chi connectivity index (χ1n) is 5.34. The average molecular weight is 272 g/mol. The van der Waals surface area contributed by atoms with E-state index in [4.69, 9.17) is 4.74 Å². The van der Waals surface area contributed by atoms with Crippen molar-refractivity contribution in [3.05, 3.63) is 21.1 Å². The highest BCUT2D eigenvalue weighted by Gasteiger charge is 2.25. The van der Waals surface area contributed by atoms with E-state index in [0.29, 0.717) is 11.5 Å². The number of anilines is 1. The number of thiophene rings is 1. The van der Waals surface area contributed by atoms with Gasteiger partial charge in [-0.1, -0.05) is 0 Å². The van der Waals surface area contributed by atoms with Gasteiger partial charge in [0.1, 0.15) is 4.88 Å². The summed E-state index contributed by atoms with van der Waals surface area (Å²) >= 11 is 1.01. The number of hydrogen-bond acceptors (Lipinski definition) is 7. The molecule has 7 nitrogen and oxygen atoms in total. The van der Waals surface area contributed by atoms with Crippen molar-refractivity contribution in [1.29, 1.82) is 0 Å². The first kappa shape index (κ1) is 12.8. The number of rotatable bonds is 5. The molecule has 0 aromatic carbocycles. The maximum atomic E-state index is 11.3. The summed E-state index contributed by atoms with van der Waals surface area (Å²) in [7, 11) is 1.24. The Labute approximate surface area is 107 Å². The standard InChI is InChI=1S/C10H12N2O5S/c1-16-10(13)8-4-7(12(14)15)9(18-8)11-5-6-2-3-17-6/h4,6,11H,2-3,5H2,1H3. The second-order valence-corrected chi connectivity index (χ2v) is 4.79. The highest BCUT2D eigenvalue weighted by Crippen LogP contribution is 2.35. The zero-order valence-electron chi connectivity index (χ0n) is 9.67. The van der Waals surface area contributed by atoms with Gasteiger partial charge in [0.25, 0.3) is 0 Å². The lowest BCUT2D eigenvalue weighted by Gasteiger charge is -2.26. The SMILES string of the molecule is COC(=O)c1cc([N+](=O)[O-])c(NCC2CCO2)s1. The molecule has 1 aliphatic heterocycles. The van der Waals surface area contributed by atoms with Crippen LogP contribution < -0.4 is 5.32 Å². The number of nitrogens with one attached hydrogen (secondary N) is 1. The fourth-order valence-corrected chi connectivity index (χ4v) is 2.45. The van der Waals surface area contributed by atoms with Crippen molar-refractivity contribution < 1.29 is 19.2 Å². The van der Waals surface area contributed by atoms with Gasteiger partial charge in [-0.25, -0.2) is 4.79 Å². The molecule has 98 valence electrons. The maximum absolute atomic E-state index is 11.3. The zero-order valence-corrected chi connectivity index (χ0v) is 10.5. The van der Waals surface area contributed by atoms with Crippen molar-refractivity contribution >= 4 is 28.0 Å². The minimum Gasteiger partial charge on any atom is -0.465 e. The Bertz CT molecular complexity index is 469. The number of ether oxygens (including phenoxy) is 2. The lowest BCUT2D eigenvalue weighted by molar-refractivity contribution is -0.383. The minimum atomic E-state index is -0.573. The van der Waals surface area contributed by atoms with Gasteiger partial charge in [-0.2, -0.15) is 0 Å². The highest BCUT2D eigenvalue weighted by atomic mass is 32.1. The first-order valence-corrected chi connectivity index (χ1v) is 6.15. The van der Waals surface area contributed by atoms with Gasteiger partial charge in [0.15, 0.2) is 5.00 Å². The predicted octanol–water partition coefficient (Wildman–Crippen LogP) is 1.64. The molecule has 0 amide bonds. The predicted molar refractivity (Wildman–Crippen MR) is 65.2 cm³/mol. The van der Waals surface area contributed by atoms with Gasteiger partial charge < -0.3 is 14.8 Å². The summed E-state index contributed by atoms with van der Waals surface area (Å²) in [6, 6.07) is 1.22. The average Bonchev–Trinajstić information content (AvgIpc) is 2.70. The highest BCUT2D eigenvalue weighted by molar-refractivity contribution is 7.18. The molecule has 1 fully saturated rings. The fraction of sp³-hybridized carbons (Fsp3) is 0.500. The summed E-state index contributed by atoms with van der Waals surface area (Å²) in [5, 5.41) is 14.2. The van der Waals surface area contributed by atoms with Gasteiger partial charge in [-0.15, -0.1) is 11.3 Å². The number of carbonyl (C=O) groups is 1. The van der Waals surface area contributed by atoms with E-state index in [9.17, 15) is 14.9 Å². The molecule has 1 saturated heterocycles. The molecule has 2 rings (SSSR count). The van der Waals surface area contributed by atoms with Gasteiger partial charge in [-0.3, -0.25) is 10.1 Å².